The van der Waals surface area contributed by atoms with Gasteiger partial charge >= 0.3 is 0 Å². The molecule has 1 aliphatic heterocycles. The Hall–Kier alpha value is -3.15. The van der Waals surface area contributed by atoms with Gasteiger partial charge in [0.25, 0.3) is 0 Å². The van der Waals surface area contributed by atoms with Gasteiger partial charge in [-0.1, -0.05) is 18.2 Å². The number of allylic oxidation sites excluding steroid dienone is 4. The van der Waals surface area contributed by atoms with Crippen LogP contribution in [0.2, 0.25) is 0 Å². The molecule has 0 N–H and O–H groups in total. The Morgan fingerprint density at radius 1 is 1.14 bits per heavy atom. The van der Waals surface area contributed by atoms with Gasteiger partial charge in [-0.15, -0.1) is 5.10 Å². The van der Waals surface area contributed by atoms with Gasteiger partial charge in [-0.05, 0) is 62.8 Å². The second kappa shape index (κ2) is 7.11. The third-order valence-electron chi connectivity index (χ3n) is 5.03. The summed E-state index contributed by atoms with van der Waals surface area (Å²) in [6.45, 7) is 5.66. The zero-order chi connectivity index (χ0) is 19.7. The van der Waals surface area contributed by atoms with Crippen LogP contribution in [0.3, 0.4) is 0 Å². The first-order chi connectivity index (χ1) is 13.4. The minimum absolute atomic E-state index is 0.0583. The number of aromatic nitrogens is 4. The van der Waals surface area contributed by atoms with Gasteiger partial charge in [0.15, 0.2) is 5.82 Å². The fourth-order valence-corrected chi connectivity index (χ4v) is 3.09. The highest BCUT2D eigenvalue weighted by Crippen LogP contribution is 2.40. The molecule has 0 aromatic carbocycles. The number of aryl methyl sites for hydroxylation is 1. The van der Waals surface area contributed by atoms with Crippen molar-refractivity contribution in [2.24, 2.45) is 5.41 Å². The van der Waals surface area contributed by atoms with E-state index in [1.165, 1.54) is 12.8 Å². The monoisotopic (exact) mass is 373 g/mol. The van der Waals surface area contributed by atoms with E-state index in [2.05, 4.69) is 20.2 Å². The summed E-state index contributed by atoms with van der Waals surface area (Å²) < 4.78 is 0. The molecule has 0 unspecified atom stereocenters. The molecule has 3 heterocycles. The van der Waals surface area contributed by atoms with Crippen LogP contribution in [0.15, 0.2) is 55.2 Å². The maximum Gasteiger partial charge on any atom is 0.241 e. The van der Waals surface area contributed by atoms with Gasteiger partial charge in [0.1, 0.15) is 5.82 Å². The molecular formula is C22H23N5O. The Morgan fingerprint density at radius 2 is 1.89 bits per heavy atom. The molecule has 1 amide bonds. The number of anilines is 1. The van der Waals surface area contributed by atoms with Crippen LogP contribution in [0, 0.1) is 12.3 Å². The van der Waals surface area contributed by atoms with Crippen LogP contribution in [0.5, 0.6) is 0 Å². The number of rotatable bonds is 3. The van der Waals surface area contributed by atoms with Crippen molar-refractivity contribution in [3.63, 3.8) is 0 Å². The number of amides is 1. The zero-order valence-electron chi connectivity index (χ0n) is 16.3. The van der Waals surface area contributed by atoms with E-state index >= 15 is 0 Å². The SMILES string of the molecule is Cc1ncc(C2=C/C=C/C(C)(C)C(=O)N(c3cc(C4CC4)cnn3)C=C2)cn1. The molecule has 0 radical (unpaired) electrons. The minimum Gasteiger partial charge on any atom is -0.273 e. The number of hydrogen-bond donors (Lipinski definition) is 0. The molecule has 0 saturated heterocycles. The normalized spacial score (nSPS) is 20.2. The van der Waals surface area contributed by atoms with Crippen LogP contribution >= 0.6 is 0 Å². The predicted octanol–water partition coefficient (Wildman–Crippen LogP) is 3.98. The fourth-order valence-electron chi connectivity index (χ4n) is 3.09. The Kier molecular flexibility index (Phi) is 4.63. The van der Waals surface area contributed by atoms with E-state index in [-0.39, 0.29) is 5.91 Å². The van der Waals surface area contributed by atoms with Gasteiger partial charge < -0.3 is 0 Å². The van der Waals surface area contributed by atoms with Gasteiger partial charge in [-0.3, -0.25) is 9.69 Å². The molecule has 2 aliphatic rings. The lowest BCUT2D eigenvalue weighted by Crippen LogP contribution is -2.37. The van der Waals surface area contributed by atoms with E-state index < -0.39 is 5.41 Å². The smallest absolute Gasteiger partial charge is 0.241 e. The summed E-state index contributed by atoms with van der Waals surface area (Å²) in [5, 5.41) is 8.37. The molecule has 1 aliphatic carbocycles. The second-order valence-electron chi connectivity index (χ2n) is 7.83. The summed E-state index contributed by atoms with van der Waals surface area (Å²) in [6, 6.07) is 1.98. The quantitative estimate of drug-likeness (QED) is 0.814. The van der Waals surface area contributed by atoms with Crippen molar-refractivity contribution >= 4 is 17.3 Å². The van der Waals surface area contributed by atoms with E-state index in [0.717, 1.165) is 22.5 Å². The van der Waals surface area contributed by atoms with Crippen molar-refractivity contribution in [3.05, 3.63) is 72.1 Å². The largest absolute Gasteiger partial charge is 0.273 e. The van der Waals surface area contributed by atoms with Crippen molar-refractivity contribution in [1.82, 2.24) is 20.2 Å². The first kappa shape index (κ1) is 18.2. The van der Waals surface area contributed by atoms with Crippen molar-refractivity contribution in [1.29, 1.82) is 0 Å². The zero-order valence-corrected chi connectivity index (χ0v) is 16.3. The molecule has 0 bridgehead atoms. The molecule has 28 heavy (non-hydrogen) atoms. The van der Waals surface area contributed by atoms with Crippen molar-refractivity contribution < 1.29 is 4.79 Å². The maximum absolute atomic E-state index is 13.3. The van der Waals surface area contributed by atoms with Crippen LogP contribution in [0.1, 0.15) is 49.6 Å². The number of carbonyl (C=O) groups is 1. The van der Waals surface area contributed by atoms with Crippen LogP contribution < -0.4 is 4.90 Å². The van der Waals surface area contributed by atoms with Crippen LogP contribution in [0.25, 0.3) is 5.57 Å². The fraction of sp³-hybridized carbons (Fsp3) is 0.318. The molecular weight excluding hydrogens is 350 g/mol. The van der Waals surface area contributed by atoms with Crippen LogP contribution in [-0.4, -0.2) is 26.1 Å². The summed E-state index contributed by atoms with van der Waals surface area (Å²) in [7, 11) is 0. The van der Waals surface area contributed by atoms with E-state index in [0.29, 0.717) is 11.7 Å². The maximum atomic E-state index is 13.3. The standard InChI is InChI=1S/C22H23N5O/c1-15-23-12-19(13-24-15)16-5-4-9-22(2,3)21(28)27(10-8-16)20-11-18(14-25-26-20)17-6-7-17/h4-5,8-14,17H,6-7H2,1-3H3/b9-4+,10-8?,16-5?. The molecule has 2 aromatic heterocycles. The lowest BCUT2D eigenvalue weighted by molar-refractivity contribution is -0.123. The Morgan fingerprint density at radius 3 is 2.61 bits per heavy atom. The first-order valence-electron chi connectivity index (χ1n) is 9.47. The van der Waals surface area contributed by atoms with Gasteiger partial charge in [-0.25, -0.2) is 9.97 Å². The number of nitrogens with zero attached hydrogens (tertiary/aromatic N) is 5. The van der Waals surface area contributed by atoms with Crippen molar-refractivity contribution in [2.45, 2.75) is 39.5 Å². The van der Waals surface area contributed by atoms with Gasteiger partial charge in [0, 0.05) is 24.2 Å². The van der Waals surface area contributed by atoms with Gasteiger partial charge in [-0.2, -0.15) is 5.10 Å². The van der Waals surface area contributed by atoms with Crippen molar-refractivity contribution in [3.8, 4) is 0 Å². The molecule has 142 valence electrons. The Bertz CT molecular complexity index is 984. The lowest BCUT2D eigenvalue weighted by atomic mass is 9.91. The molecule has 0 spiro atoms. The van der Waals surface area contributed by atoms with Gasteiger partial charge in [0.05, 0.1) is 11.6 Å². The molecule has 1 fully saturated rings. The van der Waals surface area contributed by atoms with E-state index in [1.54, 1.807) is 29.7 Å². The third-order valence-corrected chi connectivity index (χ3v) is 5.03. The van der Waals surface area contributed by atoms with Crippen LogP contribution in [-0.2, 0) is 4.79 Å². The summed E-state index contributed by atoms with van der Waals surface area (Å²) in [4.78, 5) is 23.4. The van der Waals surface area contributed by atoms with E-state index in [4.69, 9.17) is 0 Å². The van der Waals surface area contributed by atoms with Gasteiger partial charge in [0.2, 0.25) is 5.91 Å². The Labute approximate surface area is 164 Å². The molecule has 0 atom stereocenters. The summed E-state index contributed by atoms with van der Waals surface area (Å²) >= 11 is 0. The van der Waals surface area contributed by atoms with E-state index in [9.17, 15) is 4.79 Å². The Balaban J connectivity index is 1.75. The second-order valence-corrected chi connectivity index (χ2v) is 7.83. The predicted molar refractivity (Wildman–Crippen MR) is 108 cm³/mol. The molecule has 1 saturated carbocycles. The molecule has 6 heteroatoms. The average Bonchev–Trinajstić information content (AvgIpc) is 3.52. The summed E-state index contributed by atoms with van der Waals surface area (Å²) in [5.41, 5.74) is 2.26. The number of carbonyl (C=O) groups excluding carboxylic acids is 1. The molecule has 6 nitrogen and oxygen atoms in total. The number of hydrogen-bond acceptors (Lipinski definition) is 5. The average molecular weight is 373 g/mol. The highest BCUT2D eigenvalue weighted by atomic mass is 16.2. The van der Waals surface area contributed by atoms with Crippen LogP contribution in [0.4, 0.5) is 5.82 Å². The van der Waals surface area contributed by atoms with Crippen molar-refractivity contribution in [2.75, 3.05) is 4.90 Å². The minimum atomic E-state index is -0.683. The highest BCUT2D eigenvalue weighted by molar-refractivity contribution is 6.00. The summed E-state index contributed by atoms with van der Waals surface area (Å²) in [5.74, 6) is 1.75. The topological polar surface area (TPSA) is 71.9 Å². The highest BCUT2D eigenvalue weighted by Gasteiger charge is 2.32. The summed E-state index contributed by atoms with van der Waals surface area (Å²) in [6.07, 6.45) is 17.2. The first-order valence-corrected chi connectivity index (χ1v) is 9.47. The third kappa shape index (κ3) is 3.76. The molecule has 2 aromatic rings. The molecule has 4 rings (SSSR count). The lowest BCUT2D eigenvalue weighted by Gasteiger charge is -2.26. The van der Waals surface area contributed by atoms with E-state index in [1.807, 2.05) is 51.1 Å².